The minimum atomic E-state index is -1.15. The van der Waals surface area contributed by atoms with E-state index in [1.54, 1.807) is 60.7 Å². The number of carboxylic acid groups (broad SMARTS) is 1. The van der Waals surface area contributed by atoms with Gasteiger partial charge in [-0.2, -0.15) is 0 Å². The molecule has 0 spiro atoms. The summed E-state index contributed by atoms with van der Waals surface area (Å²) in [4.78, 5) is 24.9. The molecule has 0 aromatic heterocycles. The lowest BCUT2D eigenvalue weighted by Gasteiger charge is -2.14. The van der Waals surface area contributed by atoms with Gasteiger partial charge in [-0.25, -0.2) is 4.79 Å². The third kappa shape index (κ3) is 5.30. The van der Waals surface area contributed by atoms with Crippen LogP contribution in [0.15, 0.2) is 66.7 Å². The minimum absolute atomic E-state index is 0.00226. The van der Waals surface area contributed by atoms with Gasteiger partial charge in [-0.15, -0.1) is 0 Å². The summed E-state index contributed by atoms with van der Waals surface area (Å²) >= 11 is 0. The van der Waals surface area contributed by atoms with E-state index in [1.807, 2.05) is 0 Å². The molecule has 164 valence electrons. The van der Waals surface area contributed by atoms with Crippen LogP contribution in [0.1, 0.15) is 32.7 Å². The van der Waals surface area contributed by atoms with Crippen LogP contribution in [0.3, 0.4) is 0 Å². The number of amidine groups is 1. The highest BCUT2D eigenvalue weighted by Crippen LogP contribution is 2.31. The number of rotatable bonds is 9. The first-order valence-electron chi connectivity index (χ1n) is 9.87. The van der Waals surface area contributed by atoms with E-state index in [1.165, 1.54) is 6.07 Å². The Morgan fingerprint density at radius 3 is 2.31 bits per heavy atom. The Kier molecular flexibility index (Phi) is 7.20. The van der Waals surface area contributed by atoms with E-state index >= 15 is 0 Å². The number of nitrogen functional groups attached to an aromatic ring is 1. The molecule has 0 aliphatic rings. The molecule has 0 heterocycles. The maximum atomic E-state index is 13.0. The Morgan fingerprint density at radius 2 is 1.66 bits per heavy atom. The third-order valence-corrected chi connectivity index (χ3v) is 4.71. The maximum absolute atomic E-state index is 13.0. The Bertz CT molecular complexity index is 1140. The molecule has 0 saturated heterocycles. The van der Waals surface area contributed by atoms with E-state index in [4.69, 9.17) is 21.0 Å². The van der Waals surface area contributed by atoms with Crippen LogP contribution < -0.4 is 15.8 Å². The molecule has 0 fully saturated rings. The number of hydrogen-bond acceptors (Lipinski definition) is 5. The van der Waals surface area contributed by atoms with Crippen molar-refractivity contribution < 1.29 is 24.5 Å². The number of hydrogen-bond donors (Lipinski definition) is 5. The predicted octanol–water partition coefficient (Wildman–Crippen LogP) is 3.35. The summed E-state index contributed by atoms with van der Waals surface area (Å²) in [5.41, 5.74) is 7.65. The van der Waals surface area contributed by atoms with Gasteiger partial charge in [0, 0.05) is 29.8 Å². The van der Waals surface area contributed by atoms with Crippen LogP contribution in [0, 0.1) is 5.41 Å². The number of carboxylic acids is 1. The summed E-state index contributed by atoms with van der Waals surface area (Å²) in [7, 11) is 0. The summed E-state index contributed by atoms with van der Waals surface area (Å²) in [6, 6.07) is 17.9. The van der Waals surface area contributed by atoms with Crippen LogP contribution >= 0.6 is 0 Å². The molecule has 0 aliphatic heterocycles. The highest BCUT2D eigenvalue weighted by Gasteiger charge is 2.19. The van der Waals surface area contributed by atoms with Gasteiger partial charge in [0.1, 0.15) is 11.6 Å². The summed E-state index contributed by atoms with van der Waals surface area (Å²) in [6.45, 7) is 0.236. The normalized spacial score (nSPS) is 10.4. The molecule has 3 aromatic rings. The van der Waals surface area contributed by atoms with Crippen LogP contribution in [0.2, 0.25) is 0 Å². The van der Waals surface area contributed by atoms with E-state index < -0.39 is 11.9 Å². The fourth-order valence-corrected chi connectivity index (χ4v) is 3.13. The Labute approximate surface area is 184 Å². The van der Waals surface area contributed by atoms with Gasteiger partial charge in [0.15, 0.2) is 0 Å². The van der Waals surface area contributed by atoms with Gasteiger partial charge < -0.3 is 26.0 Å². The Hall–Kier alpha value is -4.17. The van der Waals surface area contributed by atoms with Crippen molar-refractivity contribution in [3.8, 4) is 16.9 Å². The van der Waals surface area contributed by atoms with Crippen molar-refractivity contribution in [3.63, 3.8) is 0 Å². The molecule has 0 saturated carbocycles. The van der Waals surface area contributed by atoms with Gasteiger partial charge in [0.2, 0.25) is 0 Å². The van der Waals surface area contributed by atoms with E-state index in [0.29, 0.717) is 40.1 Å². The molecule has 0 radical (unpaired) electrons. The van der Waals surface area contributed by atoms with E-state index in [0.717, 1.165) is 0 Å². The van der Waals surface area contributed by atoms with Crippen LogP contribution in [-0.4, -0.2) is 41.1 Å². The molecule has 3 aromatic carbocycles. The second-order valence-corrected chi connectivity index (χ2v) is 6.93. The first-order chi connectivity index (χ1) is 15.4. The summed E-state index contributed by atoms with van der Waals surface area (Å²) in [6.07, 6.45) is 0.431. The summed E-state index contributed by atoms with van der Waals surface area (Å²) in [5, 5.41) is 28.8. The molecule has 0 bridgehead atoms. The van der Waals surface area contributed by atoms with Gasteiger partial charge in [-0.3, -0.25) is 10.2 Å². The summed E-state index contributed by atoms with van der Waals surface area (Å²) < 4.78 is 5.48. The average Bonchev–Trinajstić information content (AvgIpc) is 2.79. The molecule has 32 heavy (non-hydrogen) atoms. The van der Waals surface area contributed by atoms with Crippen LogP contribution in [0.4, 0.5) is 5.69 Å². The molecule has 8 nitrogen and oxygen atoms in total. The minimum Gasteiger partial charge on any atom is -0.493 e. The van der Waals surface area contributed by atoms with Crippen LogP contribution in [-0.2, 0) is 0 Å². The molecular formula is C24H23N3O5. The zero-order chi connectivity index (χ0) is 23.1. The lowest BCUT2D eigenvalue weighted by atomic mass is 9.94. The standard InChI is InChI=1S/C24H23N3O5/c25-22(26)15-6-8-16(9-7-15)27-23(29)20-5-2-1-4-18(20)19-11-10-17(32-13-3-12-28)14-21(19)24(30)31/h1-2,4-11,14,28H,3,12-13H2,(H3,25,26)(H,27,29)(H,30,31). The molecule has 3 rings (SSSR count). The topological polar surface area (TPSA) is 146 Å². The van der Waals surface area contributed by atoms with Gasteiger partial charge >= 0.3 is 5.97 Å². The zero-order valence-electron chi connectivity index (χ0n) is 17.2. The smallest absolute Gasteiger partial charge is 0.336 e. The van der Waals surface area contributed by atoms with Crippen molar-refractivity contribution >= 4 is 23.4 Å². The number of benzene rings is 3. The third-order valence-electron chi connectivity index (χ3n) is 4.71. The fourth-order valence-electron chi connectivity index (χ4n) is 3.13. The number of ether oxygens (including phenoxy) is 1. The number of amides is 1. The maximum Gasteiger partial charge on any atom is 0.336 e. The second kappa shape index (κ2) is 10.2. The Morgan fingerprint density at radius 1 is 0.969 bits per heavy atom. The van der Waals surface area contributed by atoms with Gasteiger partial charge in [0.25, 0.3) is 5.91 Å². The largest absolute Gasteiger partial charge is 0.493 e. The molecular weight excluding hydrogens is 410 g/mol. The highest BCUT2D eigenvalue weighted by atomic mass is 16.5. The Balaban J connectivity index is 1.92. The quantitative estimate of drug-likeness (QED) is 0.199. The number of aliphatic hydroxyl groups excluding tert-OH is 1. The molecule has 1 amide bonds. The van der Waals surface area contributed by atoms with Crippen molar-refractivity contribution in [2.24, 2.45) is 5.73 Å². The zero-order valence-corrected chi connectivity index (χ0v) is 17.2. The molecule has 0 unspecified atom stereocenters. The van der Waals surface area contributed by atoms with Crippen molar-refractivity contribution in [2.45, 2.75) is 6.42 Å². The fraction of sp³-hybridized carbons (Fsp3) is 0.125. The van der Waals surface area contributed by atoms with Crippen molar-refractivity contribution in [3.05, 3.63) is 83.4 Å². The predicted molar refractivity (Wildman–Crippen MR) is 121 cm³/mol. The number of aliphatic hydroxyl groups is 1. The molecule has 6 N–H and O–H groups in total. The van der Waals surface area contributed by atoms with Crippen LogP contribution in [0.25, 0.3) is 11.1 Å². The number of nitrogens with one attached hydrogen (secondary N) is 2. The number of anilines is 1. The highest BCUT2D eigenvalue weighted by molar-refractivity contribution is 6.10. The number of aromatic carboxylic acids is 1. The number of carbonyl (C=O) groups excluding carboxylic acids is 1. The molecule has 8 heteroatoms. The molecule has 0 aliphatic carbocycles. The van der Waals surface area contributed by atoms with Crippen molar-refractivity contribution in [1.82, 2.24) is 0 Å². The van der Waals surface area contributed by atoms with Gasteiger partial charge in [0.05, 0.1) is 12.2 Å². The number of nitrogens with two attached hydrogens (primary N) is 1. The second-order valence-electron chi connectivity index (χ2n) is 6.93. The van der Waals surface area contributed by atoms with E-state index in [2.05, 4.69) is 5.32 Å². The molecule has 0 atom stereocenters. The average molecular weight is 433 g/mol. The van der Waals surface area contributed by atoms with Gasteiger partial charge in [-0.1, -0.05) is 18.2 Å². The van der Waals surface area contributed by atoms with Crippen LogP contribution in [0.5, 0.6) is 5.75 Å². The monoisotopic (exact) mass is 433 g/mol. The first-order valence-corrected chi connectivity index (χ1v) is 9.87. The van der Waals surface area contributed by atoms with Crippen molar-refractivity contribution in [1.29, 1.82) is 5.41 Å². The van der Waals surface area contributed by atoms with E-state index in [9.17, 15) is 14.7 Å². The number of carbonyl (C=O) groups is 2. The first kappa shape index (κ1) is 22.5. The van der Waals surface area contributed by atoms with Crippen molar-refractivity contribution in [2.75, 3.05) is 18.5 Å². The van der Waals surface area contributed by atoms with E-state index in [-0.39, 0.29) is 24.6 Å². The SMILES string of the molecule is N=C(N)c1ccc(NC(=O)c2ccccc2-c2ccc(OCCCO)cc2C(=O)O)cc1. The van der Waals surface area contributed by atoms with Gasteiger partial charge in [-0.05, 0) is 59.7 Å². The lowest BCUT2D eigenvalue weighted by molar-refractivity contribution is 0.0696. The lowest BCUT2D eigenvalue weighted by Crippen LogP contribution is -2.14. The summed E-state index contributed by atoms with van der Waals surface area (Å²) in [5.74, 6) is -1.26.